The van der Waals surface area contributed by atoms with E-state index in [0.717, 1.165) is 12.1 Å². The highest BCUT2D eigenvalue weighted by molar-refractivity contribution is 6.18. The summed E-state index contributed by atoms with van der Waals surface area (Å²) in [5.74, 6) is -2.32. The van der Waals surface area contributed by atoms with E-state index in [-0.39, 0.29) is 17.3 Å². The number of amidine groups is 1. The Morgan fingerprint density at radius 2 is 2.08 bits per heavy atom. The van der Waals surface area contributed by atoms with E-state index in [1.54, 1.807) is 0 Å². The zero-order chi connectivity index (χ0) is 17.9. The number of hydrogen-bond donors (Lipinski definition) is 1. The maximum absolute atomic E-state index is 13.6. The zero-order valence-electron chi connectivity index (χ0n) is 13.2. The molecule has 0 spiro atoms. The molecule has 7 nitrogen and oxygen atoms in total. The number of halogens is 1. The van der Waals surface area contributed by atoms with Crippen molar-refractivity contribution >= 4 is 23.8 Å². The molecule has 0 atom stereocenters. The van der Waals surface area contributed by atoms with Gasteiger partial charge in [0.1, 0.15) is 11.5 Å². The largest absolute Gasteiger partial charge is 0.502 e. The normalized spacial score (nSPS) is 16.0. The van der Waals surface area contributed by atoms with Gasteiger partial charge in [-0.25, -0.2) is 14.2 Å². The van der Waals surface area contributed by atoms with Crippen molar-refractivity contribution in [2.24, 2.45) is 4.99 Å². The number of esters is 1. The first-order chi connectivity index (χ1) is 11.4. The molecule has 1 aromatic carbocycles. The van der Waals surface area contributed by atoms with E-state index in [2.05, 4.69) is 9.73 Å². The number of likely N-dealkylation sites (N-methyl/N-ethyl adjacent to an activating group) is 1. The Morgan fingerprint density at radius 1 is 1.38 bits per heavy atom. The summed E-state index contributed by atoms with van der Waals surface area (Å²) in [6, 6.07) is 2.42. The Balaban J connectivity index is 2.37. The number of phenolic OH excluding ortho intramolecular Hbond substituents is 1. The third kappa shape index (κ3) is 3.43. The van der Waals surface area contributed by atoms with Crippen LogP contribution in [-0.2, 0) is 14.3 Å². The number of rotatable bonds is 4. The van der Waals surface area contributed by atoms with Crippen LogP contribution in [0.15, 0.2) is 35.0 Å². The molecule has 1 aliphatic heterocycles. The number of phenols is 1. The average Bonchev–Trinajstić information content (AvgIpc) is 2.83. The first-order valence-electron chi connectivity index (χ1n) is 6.78. The van der Waals surface area contributed by atoms with E-state index in [0.29, 0.717) is 5.56 Å². The van der Waals surface area contributed by atoms with E-state index in [9.17, 15) is 19.1 Å². The van der Waals surface area contributed by atoms with Crippen molar-refractivity contribution in [3.8, 4) is 11.5 Å². The molecule has 0 saturated carbocycles. The Hall–Kier alpha value is -3.16. The molecule has 8 heteroatoms. The standard InChI is InChI=1S/C16H15FN2O5/c1-19-13(4-5-14(20)24-3)18-11(16(19)22)7-9-6-10(17)15(21)12(8-9)23-2/h4-8,21H,1-3H3/b5-4+,11-7+. The van der Waals surface area contributed by atoms with E-state index in [4.69, 9.17) is 4.74 Å². The molecule has 0 unspecified atom stereocenters. The topological polar surface area (TPSA) is 88.4 Å². The van der Waals surface area contributed by atoms with Crippen LogP contribution >= 0.6 is 0 Å². The molecule has 0 aliphatic carbocycles. The summed E-state index contributed by atoms with van der Waals surface area (Å²) >= 11 is 0. The molecular formula is C16H15FN2O5. The third-order valence-electron chi connectivity index (χ3n) is 3.25. The Bertz CT molecular complexity index is 783. The van der Waals surface area contributed by atoms with E-state index in [1.807, 2.05) is 0 Å². The fourth-order valence-corrected chi connectivity index (χ4v) is 1.97. The second-order valence-electron chi connectivity index (χ2n) is 4.77. The van der Waals surface area contributed by atoms with Gasteiger partial charge in [0.2, 0.25) is 0 Å². The van der Waals surface area contributed by atoms with Crippen molar-refractivity contribution in [1.29, 1.82) is 0 Å². The number of methoxy groups -OCH3 is 2. The van der Waals surface area contributed by atoms with Crippen LogP contribution in [0.4, 0.5) is 4.39 Å². The van der Waals surface area contributed by atoms with Gasteiger partial charge in [-0.3, -0.25) is 9.69 Å². The monoisotopic (exact) mass is 334 g/mol. The minimum atomic E-state index is -0.880. The van der Waals surface area contributed by atoms with Gasteiger partial charge in [-0.05, 0) is 29.8 Å². The number of carbonyl (C=O) groups is 2. The summed E-state index contributed by atoms with van der Waals surface area (Å²) in [5, 5.41) is 9.49. The highest BCUT2D eigenvalue weighted by Crippen LogP contribution is 2.31. The Labute approximate surface area is 137 Å². The van der Waals surface area contributed by atoms with Gasteiger partial charge in [-0.2, -0.15) is 0 Å². The number of benzene rings is 1. The maximum Gasteiger partial charge on any atom is 0.330 e. The van der Waals surface area contributed by atoms with Gasteiger partial charge in [0.15, 0.2) is 17.3 Å². The number of aliphatic imine (C=N–C) groups is 1. The second kappa shape index (κ2) is 6.95. The lowest BCUT2D eigenvalue weighted by atomic mass is 10.1. The minimum Gasteiger partial charge on any atom is -0.502 e. The number of ether oxygens (including phenoxy) is 2. The predicted octanol–water partition coefficient (Wildman–Crippen LogP) is 1.48. The highest BCUT2D eigenvalue weighted by Gasteiger charge is 2.25. The molecule has 2 rings (SSSR count). The molecule has 1 heterocycles. The van der Waals surface area contributed by atoms with E-state index >= 15 is 0 Å². The van der Waals surface area contributed by atoms with Crippen molar-refractivity contribution < 1.29 is 28.6 Å². The number of aromatic hydroxyl groups is 1. The molecule has 1 N–H and O–H groups in total. The number of amides is 1. The van der Waals surface area contributed by atoms with Crippen molar-refractivity contribution in [1.82, 2.24) is 4.90 Å². The smallest absolute Gasteiger partial charge is 0.330 e. The molecule has 1 amide bonds. The first kappa shape index (κ1) is 17.2. The predicted molar refractivity (Wildman–Crippen MR) is 84.0 cm³/mol. The van der Waals surface area contributed by atoms with Gasteiger partial charge in [-0.15, -0.1) is 0 Å². The molecule has 0 fully saturated rings. The first-order valence-corrected chi connectivity index (χ1v) is 6.78. The third-order valence-corrected chi connectivity index (χ3v) is 3.25. The summed E-state index contributed by atoms with van der Waals surface area (Å²) in [6.07, 6.45) is 3.82. The SMILES string of the molecule is COC(=O)/C=C/C1=NC(=C/c2cc(F)c(O)c(OC)c2)/C(=O)N1C. The van der Waals surface area contributed by atoms with E-state index < -0.39 is 23.4 Å². The van der Waals surface area contributed by atoms with Gasteiger partial charge in [0.25, 0.3) is 5.91 Å². The number of hydrogen-bond acceptors (Lipinski definition) is 6. The molecular weight excluding hydrogens is 319 g/mol. The summed E-state index contributed by atoms with van der Waals surface area (Å²) in [4.78, 5) is 28.6. The number of carbonyl (C=O) groups excluding carboxylic acids is 2. The quantitative estimate of drug-likeness (QED) is 0.665. The molecule has 1 aliphatic rings. The van der Waals surface area contributed by atoms with Crippen LogP contribution in [0.5, 0.6) is 11.5 Å². The van der Waals surface area contributed by atoms with Gasteiger partial charge in [0.05, 0.1) is 14.2 Å². The summed E-state index contributed by atoms with van der Waals surface area (Å²) < 4.78 is 23.0. The van der Waals surface area contributed by atoms with Crippen molar-refractivity contribution in [3.63, 3.8) is 0 Å². The maximum atomic E-state index is 13.6. The molecule has 0 bridgehead atoms. The van der Waals surface area contributed by atoms with Crippen molar-refractivity contribution in [2.45, 2.75) is 0 Å². The van der Waals surface area contributed by atoms with Crippen LogP contribution in [0.1, 0.15) is 5.56 Å². The van der Waals surface area contributed by atoms with Crippen molar-refractivity contribution in [2.75, 3.05) is 21.3 Å². The zero-order valence-corrected chi connectivity index (χ0v) is 13.2. The van der Waals surface area contributed by atoms with Crippen LogP contribution in [0, 0.1) is 5.82 Å². The minimum absolute atomic E-state index is 0.0501. The van der Waals surface area contributed by atoms with Gasteiger partial charge >= 0.3 is 5.97 Å². The summed E-state index contributed by atoms with van der Waals surface area (Å²) in [5.41, 5.74) is 0.343. The van der Waals surface area contributed by atoms with Gasteiger partial charge in [0, 0.05) is 13.1 Å². The van der Waals surface area contributed by atoms with Crippen LogP contribution in [0.2, 0.25) is 0 Å². The van der Waals surface area contributed by atoms with Crippen molar-refractivity contribution in [3.05, 3.63) is 41.4 Å². The molecule has 0 radical (unpaired) electrons. The van der Waals surface area contributed by atoms with Crippen LogP contribution < -0.4 is 4.74 Å². The fraction of sp³-hybridized carbons (Fsp3) is 0.188. The summed E-state index contributed by atoms with van der Waals surface area (Å²) in [7, 11) is 4.01. The lowest BCUT2D eigenvalue weighted by Gasteiger charge is -2.07. The fourth-order valence-electron chi connectivity index (χ4n) is 1.97. The molecule has 126 valence electrons. The van der Waals surface area contributed by atoms with Crippen LogP contribution in [0.25, 0.3) is 6.08 Å². The second-order valence-corrected chi connectivity index (χ2v) is 4.77. The lowest BCUT2D eigenvalue weighted by molar-refractivity contribution is -0.134. The molecule has 0 saturated heterocycles. The number of nitrogens with zero attached hydrogens (tertiary/aromatic N) is 2. The Morgan fingerprint density at radius 3 is 2.71 bits per heavy atom. The van der Waals surface area contributed by atoms with Crippen LogP contribution in [0.3, 0.4) is 0 Å². The molecule has 24 heavy (non-hydrogen) atoms. The molecule has 0 aromatic heterocycles. The van der Waals surface area contributed by atoms with Crippen LogP contribution in [-0.4, -0.2) is 49.0 Å². The highest BCUT2D eigenvalue weighted by atomic mass is 19.1. The van der Waals surface area contributed by atoms with E-state index in [1.165, 1.54) is 44.4 Å². The van der Waals surface area contributed by atoms with Gasteiger partial charge in [-0.1, -0.05) is 0 Å². The van der Waals surface area contributed by atoms with Gasteiger partial charge < -0.3 is 14.6 Å². The average molecular weight is 334 g/mol. The Kier molecular flexibility index (Phi) is 4.98. The summed E-state index contributed by atoms with van der Waals surface area (Å²) in [6.45, 7) is 0. The lowest BCUT2D eigenvalue weighted by Crippen LogP contribution is -2.26. The molecule has 1 aromatic rings.